The summed E-state index contributed by atoms with van der Waals surface area (Å²) in [6.07, 6.45) is 3.27. The molecule has 0 unspecified atom stereocenters. The van der Waals surface area contributed by atoms with Crippen molar-refractivity contribution in [1.29, 1.82) is 0 Å². The number of carbonyl (C=O) groups excluding carboxylic acids is 2. The predicted octanol–water partition coefficient (Wildman–Crippen LogP) is 2.62. The number of esters is 1. The molecule has 0 aliphatic heterocycles. The maximum atomic E-state index is 12.4. The van der Waals surface area contributed by atoms with Gasteiger partial charge in [-0.25, -0.2) is 14.3 Å². The highest BCUT2D eigenvalue weighted by Crippen LogP contribution is 2.18. The second-order valence-corrected chi connectivity index (χ2v) is 6.62. The van der Waals surface area contributed by atoms with Gasteiger partial charge < -0.3 is 9.64 Å². The highest BCUT2D eigenvalue weighted by Gasteiger charge is 2.21. The molecule has 3 rings (SSSR count). The van der Waals surface area contributed by atoms with Crippen molar-refractivity contribution in [2.75, 3.05) is 13.7 Å². The van der Waals surface area contributed by atoms with E-state index < -0.39 is 5.97 Å². The number of nitrogens with zero attached hydrogens (tertiary/aromatic N) is 4. The fourth-order valence-electron chi connectivity index (χ4n) is 2.52. The molecule has 2 heterocycles. The van der Waals surface area contributed by atoms with E-state index in [9.17, 15) is 9.59 Å². The molecule has 0 atom stereocenters. The summed E-state index contributed by atoms with van der Waals surface area (Å²) >= 11 is 3.45. The fourth-order valence-corrected chi connectivity index (χ4v) is 2.93. The molecule has 3 aromatic rings. The Hall–Kier alpha value is -2.74. The number of hydrogen-bond acceptors (Lipinski definition) is 5. The van der Waals surface area contributed by atoms with Crippen LogP contribution in [-0.2, 0) is 16.1 Å². The van der Waals surface area contributed by atoms with Crippen LogP contribution in [0, 0.1) is 6.92 Å². The number of likely N-dealkylation sites (N-methyl/N-ethyl adjacent to an activating group) is 1. The molecular formula is C18H17BrN4O3. The molecule has 0 aliphatic carbocycles. The van der Waals surface area contributed by atoms with Crippen LogP contribution in [0.5, 0.6) is 0 Å². The SMILES string of the molecule is Cc1nn2cccnc2c1C(=O)OCC(=O)N(C)Cc1ccccc1Br. The molecule has 0 radical (unpaired) electrons. The van der Waals surface area contributed by atoms with E-state index in [4.69, 9.17) is 4.74 Å². The molecule has 134 valence electrons. The lowest BCUT2D eigenvalue weighted by Gasteiger charge is -2.18. The normalized spacial score (nSPS) is 10.7. The molecule has 8 heteroatoms. The van der Waals surface area contributed by atoms with Crippen LogP contribution in [0.15, 0.2) is 47.2 Å². The van der Waals surface area contributed by atoms with Crippen molar-refractivity contribution >= 4 is 33.5 Å². The number of ether oxygens (including phenoxy) is 1. The zero-order chi connectivity index (χ0) is 18.7. The summed E-state index contributed by atoms with van der Waals surface area (Å²) in [5, 5.41) is 4.21. The van der Waals surface area contributed by atoms with Gasteiger partial charge in [-0.05, 0) is 24.6 Å². The van der Waals surface area contributed by atoms with Crippen LogP contribution < -0.4 is 0 Å². The predicted molar refractivity (Wildman–Crippen MR) is 98.6 cm³/mol. The minimum absolute atomic E-state index is 0.270. The van der Waals surface area contributed by atoms with Gasteiger partial charge in [-0.3, -0.25) is 4.79 Å². The van der Waals surface area contributed by atoms with Crippen molar-refractivity contribution in [3.63, 3.8) is 0 Å². The summed E-state index contributed by atoms with van der Waals surface area (Å²) in [5.41, 5.74) is 2.15. The summed E-state index contributed by atoms with van der Waals surface area (Å²) in [7, 11) is 1.66. The molecule has 0 N–H and O–H groups in total. The monoisotopic (exact) mass is 416 g/mol. The van der Waals surface area contributed by atoms with Gasteiger partial charge in [0.1, 0.15) is 5.56 Å². The van der Waals surface area contributed by atoms with Crippen LogP contribution in [0.2, 0.25) is 0 Å². The Morgan fingerprint density at radius 3 is 2.81 bits per heavy atom. The highest BCUT2D eigenvalue weighted by atomic mass is 79.9. The van der Waals surface area contributed by atoms with Gasteiger partial charge in [0.05, 0.1) is 5.69 Å². The van der Waals surface area contributed by atoms with Crippen molar-refractivity contribution in [2.45, 2.75) is 13.5 Å². The van der Waals surface area contributed by atoms with E-state index in [0.717, 1.165) is 10.0 Å². The average molecular weight is 417 g/mol. The van der Waals surface area contributed by atoms with Crippen LogP contribution >= 0.6 is 15.9 Å². The number of carbonyl (C=O) groups is 2. The van der Waals surface area contributed by atoms with Crippen molar-refractivity contribution in [2.24, 2.45) is 0 Å². The van der Waals surface area contributed by atoms with Crippen molar-refractivity contribution in [3.05, 3.63) is 64.0 Å². The van der Waals surface area contributed by atoms with E-state index in [1.165, 1.54) is 9.42 Å². The Labute approximate surface area is 158 Å². The number of rotatable bonds is 5. The van der Waals surface area contributed by atoms with E-state index in [2.05, 4.69) is 26.0 Å². The molecule has 0 spiro atoms. The lowest BCUT2D eigenvalue weighted by Crippen LogP contribution is -2.31. The average Bonchev–Trinajstić information content (AvgIpc) is 2.97. The third-order valence-corrected chi connectivity index (χ3v) is 4.67. The Balaban J connectivity index is 1.64. The summed E-state index contributed by atoms with van der Waals surface area (Å²) < 4.78 is 7.62. The fraction of sp³-hybridized carbons (Fsp3) is 0.222. The zero-order valence-electron chi connectivity index (χ0n) is 14.3. The minimum Gasteiger partial charge on any atom is -0.452 e. The molecule has 0 saturated carbocycles. The summed E-state index contributed by atoms with van der Waals surface area (Å²) in [6.45, 7) is 1.77. The van der Waals surface area contributed by atoms with Gasteiger partial charge in [0, 0.05) is 30.5 Å². The van der Waals surface area contributed by atoms with Crippen molar-refractivity contribution in [3.8, 4) is 0 Å². The minimum atomic E-state index is -0.612. The van der Waals surface area contributed by atoms with E-state index >= 15 is 0 Å². The zero-order valence-corrected chi connectivity index (χ0v) is 15.9. The Kier molecular flexibility index (Phi) is 5.32. The summed E-state index contributed by atoms with van der Waals surface area (Å²) in [4.78, 5) is 30.3. The highest BCUT2D eigenvalue weighted by molar-refractivity contribution is 9.10. The Morgan fingerprint density at radius 1 is 1.27 bits per heavy atom. The van der Waals surface area contributed by atoms with E-state index in [0.29, 0.717) is 17.9 Å². The number of benzene rings is 1. The molecule has 0 saturated heterocycles. The van der Waals surface area contributed by atoms with E-state index in [1.54, 1.807) is 32.4 Å². The van der Waals surface area contributed by atoms with Gasteiger partial charge in [0.15, 0.2) is 12.3 Å². The maximum Gasteiger partial charge on any atom is 0.344 e. The van der Waals surface area contributed by atoms with E-state index in [1.807, 2.05) is 24.3 Å². The Bertz CT molecular complexity index is 970. The first kappa shape index (κ1) is 18.1. The van der Waals surface area contributed by atoms with Gasteiger partial charge in [0.2, 0.25) is 0 Å². The first-order valence-corrected chi connectivity index (χ1v) is 8.71. The topological polar surface area (TPSA) is 76.8 Å². The molecule has 1 amide bonds. The lowest BCUT2D eigenvalue weighted by atomic mass is 10.2. The quantitative estimate of drug-likeness (QED) is 0.597. The maximum absolute atomic E-state index is 12.4. The number of hydrogen-bond donors (Lipinski definition) is 0. The largest absolute Gasteiger partial charge is 0.452 e. The number of amides is 1. The molecule has 0 fully saturated rings. The second kappa shape index (κ2) is 7.65. The number of fused-ring (bicyclic) bond motifs is 1. The van der Waals surface area contributed by atoms with Gasteiger partial charge in [-0.15, -0.1) is 0 Å². The summed E-state index contributed by atoms with van der Waals surface area (Å²) in [6, 6.07) is 9.36. The van der Waals surface area contributed by atoms with Gasteiger partial charge >= 0.3 is 5.97 Å². The second-order valence-electron chi connectivity index (χ2n) is 5.77. The van der Waals surface area contributed by atoms with Crippen LogP contribution in [-0.4, -0.2) is 45.0 Å². The first-order chi connectivity index (χ1) is 12.5. The molecule has 26 heavy (non-hydrogen) atoms. The molecule has 0 bridgehead atoms. The number of aromatic nitrogens is 3. The van der Waals surface area contributed by atoms with E-state index in [-0.39, 0.29) is 18.1 Å². The number of halogens is 1. The van der Waals surface area contributed by atoms with Crippen molar-refractivity contribution < 1.29 is 14.3 Å². The molecule has 2 aromatic heterocycles. The van der Waals surface area contributed by atoms with Crippen molar-refractivity contribution in [1.82, 2.24) is 19.5 Å². The third kappa shape index (κ3) is 3.75. The molecule has 7 nitrogen and oxygen atoms in total. The van der Waals surface area contributed by atoms with Crippen LogP contribution in [0.25, 0.3) is 5.65 Å². The van der Waals surface area contributed by atoms with Gasteiger partial charge in [0.25, 0.3) is 5.91 Å². The van der Waals surface area contributed by atoms with Crippen LogP contribution in [0.4, 0.5) is 0 Å². The van der Waals surface area contributed by atoms with Gasteiger partial charge in [-0.1, -0.05) is 34.1 Å². The lowest BCUT2D eigenvalue weighted by molar-refractivity contribution is -0.133. The smallest absolute Gasteiger partial charge is 0.344 e. The van der Waals surface area contributed by atoms with Crippen LogP contribution in [0.3, 0.4) is 0 Å². The standard InChI is InChI=1S/C18H17BrN4O3/c1-12-16(17-20-8-5-9-23(17)21-12)18(25)26-11-15(24)22(2)10-13-6-3-4-7-14(13)19/h3-9H,10-11H2,1-2H3. The third-order valence-electron chi connectivity index (χ3n) is 3.89. The number of aryl methyl sites for hydroxylation is 1. The molecular weight excluding hydrogens is 400 g/mol. The summed E-state index contributed by atoms with van der Waals surface area (Å²) in [5.74, 6) is -0.907. The molecule has 0 aliphatic rings. The van der Waals surface area contributed by atoms with Gasteiger partial charge in [-0.2, -0.15) is 5.10 Å². The molecule has 1 aromatic carbocycles. The first-order valence-electron chi connectivity index (χ1n) is 7.92. The Morgan fingerprint density at radius 2 is 2.04 bits per heavy atom. The van der Waals surface area contributed by atoms with Crippen LogP contribution in [0.1, 0.15) is 21.6 Å².